The Hall–Kier alpha value is -2.63. The Morgan fingerprint density at radius 2 is 2.00 bits per heavy atom. The predicted octanol–water partition coefficient (Wildman–Crippen LogP) is 1.79. The molecule has 1 aromatic heterocycles. The van der Waals surface area contributed by atoms with Crippen LogP contribution in [0.3, 0.4) is 0 Å². The molecule has 1 aromatic carbocycles. The van der Waals surface area contributed by atoms with Crippen LogP contribution in [0.25, 0.3) is 11.4 Å². The van der Waals surface area contributed by atoms with Crippen LogP contribution in [0.2, 0.25) is 0 Å². The van der Waals surface area contributed by atoms with Gasteiger partial charge in [-0.3, -0.25) is 4.79 Å². The minimum atomic E-state index is -0.961. The lowest BCUT2D eigenvalue weighted by Gasteiger charge is -2.10. The maximum absolute atomic E-state index is 10.8. The summed E-state index contributed by atoms with van der Waals surface area (Å²) in [5.74, 6) is 0.356. The molecular formula is C14H14N2O4. The molecule has 0 radical (unpaired) electrons. The van der Waals surface area contributed by atoms with E-state index in [-0.39, 0.29) is 12.3 Å². The lowest BCUT2D eigenvalue weighted by atomic mass is 10.1. The van der Waals surface area contributed by atoms with E-state index in [9.17, 15) is 4.79 Å². The molecule has 0 atom stereocenters. The average Bonchev–Trinajstić information content (AvgIpc) is 2.47. The number of aliphatic carboxylic acids is 1. The van der Waals surface area contributed by atoms with Crippen LogP contribution < -0.4 is 9.47 Å². The van der Waals surface area contributed by atoms with Gasteiger partial charge >= 0.3 is 5.97 Å². The Kier molecular flexibility index (Phi) is 4.14. The van der Waals surface area contributed by atoms with Crippen LogP contribution in [-0.4, -0.2) is 35.3 Å². The van der Waals surface area contributed by atoms with Crippen LogP contribution in [0.5, 0.6) is 11.6 Å². The van der Waals surface area contributed by atoms with Crippen LogP contribution in [0, 0.1) is 0 Å². The van der Waals surface area contributed by atoms with Crippen molar-refractivity contribution in [3.63, 3.8) is 0 Å². The summed E-state index contributed by atoms with van der Waals surface area (Å²) >= 11 is 0. The molecule has 0 amide bonds. The molecule has 6 heteroatoms. The van der Waals surface area contributed by atoms with Gasteiger partial charge in [-0.15, -0.1) is 0 Å². The molecule has 1 heterocycles. The monoisotopic (exact) mass is 274 g/mol. The van der Waals surface area contributed by atoms with Crippen LogP contribution >= 0.6 is 0 Å². The van der Waals surface area contributed by atoms with Crippen molar-refractivity contribution >= 4 is 5.97 Å². The molecule has 20 heavy (non-hydrogen) atoms. The molecule has 0 aliphatic rings. The minimum absolute atomic E-state index is 0.185. The Balaban J connectivity index is 2.46. The molecule has 104 valence electrons. The largest absolute Gasteiger partial charge is 0.496 e. The van der Waals surface area contributed by atoms with Crippen molar-refractivity contribution in [1.29, 1.82) is 0 Å². The van der Waals surface area contributed by atoms with Crippen molar-refractivity contribution in [1.82, 2.24) is 9.97 Å². The number of rotatable bonds is 5. The van der Waals surface area contributed by atoms with Crippen molar-refractivity contribution in [3.05, 3.63) is 36.0 Å². The third-order valence-electron chi connectivity index (χ3n) is 2.71. The standard InChI is InChI=1S/C14H14N2O4/c1-19-11-6-4-3-5-10(11)13-15-8-9(7-12(17)18)14(16-13)20-2/h3-6,8H,7H2,1-2H3,(H,17,18). The molecule has 0 aliphatic carbocycles. The third kappa shape index (κ3) is 2.85. The summed E-state index contributed by atoms with van der Waals surface area (Å²) in [7, 11) is 3.01. The van der Waals surface area contributed by atoms with Gasteiger partial charge in [0.1, 0.15) is 5.75 Å². The quantitative estimate of drug-likeness (QED) is 0.895. The highest BCUT2D eigenvalue weighted by Crippen LogP contribution is 2.28. The molecule has 0 spiro atoms. The van der Waals surface area contributed by atoms with Gasteiger partial charge in [0.2, 0.25) is 5.88 Å². The lowest BCUT2D eigenvalue weighted by Crippen LogP contribution is -2.05. The fourth-order valence-electron chi connectivity index (χ4n) is 1.81. The van der Waals surface area contributed by atoms with E-state index >= 15 is 0 Å². The number of hydrogen-bond donors (Lipinski definition) is 1. The highest BCUT2D eigenvalue weighted by Gasteiger charge is 2.14. The molecule has 0 bridgehead atoms. The van der Waals surface area contributed by atoms with Crippen LogP contribution in [-0.2, 0) is 11.2 Å². The SMILES string of the molecule is COc1ccccc1-c1ncc(CC(=O)O)c(OC)n1. The first-order chi connectivity index (χ1) is 9.65. The van der Waals surface area contributed by atoms with E-state index in [1.54, 1.807) is 13.2 Å². The summed E-state index contributed by atoms with van der Waals surface area (Å²) in [5, 5.41) is 8.82. The first-order valence-corrected chi connectivity index (χ1v) is 5.90. The van der Waals surface area contributed by atoms with Crippen LogP contribution in [0.1, 0.15) is 5.56 Å². The zero-order valence-corrected chi connectivity index (χ0v) is 11.2. The van der Waals surface area contributed by atoms with Gasteiger partial charge in [0.15, 0.2) is 5.82 Å². The van der Waals surface area contributed by atoms with E-state index in [1.165, 1.54) is 13.3 Å². The minimum Gasteiger partial charge on any atom is -0.496 e. The first kappa shape index (κ1) is 13.8. The van der Waals surface area contributed by atoms with Crippen LogP contribution in [0.15, 0.2) is 30.5 Å². The fraction of sp³-hybridized carbons (Fsp3) is 0.214. The van der Waals surface area contributed by atoms with E-state index in [0.717, 1.165) is 5.56 Å². The highest BCUT2D eigenvalue weighted by molar-refractivity contribution is 5.71. The number of para-hydroxylation sites is 1. The van der Waals surface area contributed by atoms with Gasteiger partial charge in [-0.25, -0.2) is 4.98 Å². The zero-order chi connectivity index (χ0) is 14.5. The lowest BCUT2D eigenvalue weighted by molar-refractivity contribution is -0.136. The van der Waals surface area contributed by atoms with Gasteiger partial charge in [-0.2, -0.15) is 4.98 Å². The average molecular weight is 274 g/mol. The summed E-state index contributed by atoms with van der Waals surface area (Å²) in [6, 6.07) is 7.32. The summed E-state index contributed by atoms with van der Waals surface area (Å²) in [6.07, 6.45) is 1.27. The Morgan fingerprint density at radius 3 is 2.65 bits per heavy atom. The molecule has 0 aliphatic heterocycles. The molecule has 2 rings (SSSR count). The molecule has 6 nitrogen and oxygen atoms in total. The predicted molar refractivity (Wildman–Crippen MR) is 71.9 cm³/mol. The van der Waals surface area contributed by atoms with Gasteiger partial charge in [0, 0.05) is 11.8 Å². The van der Waals surface area contributed by atoms with Crippen molar-refractivity contribution in [2.45, 2.75) is 6.42 Å². The number of ether oxygens (including phenoxy) is 2. The maximum atomic E-state index is 10.8. The molecular weight excluding hydrogens is 260 g/mol. The van der Waals surface area contributed by atoms with E-state index in [0.29, 0.717) is 17.1 Å². The zero-order valence-electron chi connectivity index (χ0n) is 11.2. The molecule has 2 aromatic rings. The van der Waals surface area contributed by atoms with Crippen molar-refractivity contribution in [3.8, 4) is 23.0 Å². The van der Waals surface area contributed by atoms with E-state index in [2.05, 4.69) is 9.97 Å². The van der Waals surface area contributed by atoms with Gasteiger partial charge in [0.25, 0.3) is 0 Å². The molecule has 0 saturated heterocycles. The topological polar surface area (TPSA) is 81.5 Å². The fourth-order valence-corrected chi connectivity index (χ4v) is 1.81. The van der Waals surface area contributed by atoms with Crippen molar-refractivity contribution in [2.24, 2.45) is 0 Å². The van der Waals surface area contributed by atoms with E-state index in [4.69, 9.17) is 14.6 Å². The summed E-state index contributed by atoms with van der Waals surface area (Å²) in [5.41, 5.74) is 1.15. The second-order valence-electron chi connectivity index (χ2n) is 4.00. The van der Waals surface area contributed by atoms with Gasteiger partial charge in [-0.05, 0) is 12.1 Å². The van der Waals surface area contributed by atoms with Gasteiger partial charge in [0.05, 0.1) is 26.2 Å². The van der Waals surface area contributed by atoms with Crippen molar-refractivity contribution in [2.75, 3.05) is 14.2 Å². The van der Waals surface area contributed by atoms with Gasteiger partial charge in [-0.1, -0.05) is 12.1 Å². The first-order valence-electron chi connectivity index (χ1n) is 5.90. The Labute approximate surface area is 116 Å². The second-order valence-corrected chi connectivity index (χ2v) is 4.00. The number of carboxylic acid groups (broad SMARTS) is 1. The van der Waals surface area contributed by atoms with Crippen LogP contribution in [0.4, 0.5) is 0 Å². The van der Waals surface area contributed by atoms with Crippen molar-refractivity contribution < 1.29 is 19.4 Å². The van der Waals surface area contributed by atoms with E-state index < -0.39 is 5.97 Å². The maximum Gasteiger partial charge on any atom is 0.308 e. The highest BCUT2D eigenvalue weighted by atomic mass is 16.5. The number of aromatic nitrogens is 2. The van der Waals surface area contributed by atoms with E-state index in [1.807, 2.05) is 18.2 Å². The molecule has 0 saturated carbocycles. The number of carbonyl (C=O) groups is 1. The Morgan fingerprint density at radius 1 is 1.25 bits per heavy atom. The number of methoxy groups -OCH3 is 2. The summed E-state index contributed by atoms with van der Waals surface area (Å²) in [4.78, 5) is 19.2. The molecule has 0 unspecified atom stereocenters. The second kappa shape index (κ2) is 6.01. The number of carboxylic acids is 1. The summed E-state index contributed by atoms with van der Waals surface area (Å²) < 4.78 is 10.4. The smallest absolute Gasteiger partial charge is 0.308 e. The normalized spacial score (nSPS) is 10.1. The molecule has 0 fully saturated rings. The number of nitrogens with zero attached hydrogens (tertiary/aromatic N) is 2. The molecule has 1 N–H and O–H groups in total. The third-order valence-corrected chi connectivity index (χ3v) is 2.71. The van der Waals surface area contributed by atoms with Gasteiger partial charge < -0.3 is 14.6 Å². The summed E-state index contributed by atoms with van der Waals surface area (Å²) in [6.45, 7) is 0. The number of benzene rings is 1. The Bertz CT molecular complexity index is 628. The number of hydrogen-bond acceptors (Lipinski definition) is 5.